The van der Waals surface area contributed by atoms with Crippen molar-refractivity contribution in [3.05, 3.63) is 17.0 Å². The number of rotatable bonds is 4. The summed E-state index contributed by atoms with van der Waals surface area (Å²) < 4.78 is 5.06. The zero-order chi connectivity index (χ0) is 17.0. The molecular formula is C16H23BN4O2. The number of hydrogen-bond acceptors (Lipinski definition) is 6. The van der Waals surface area contributed by atoms with Gasteiger partial charge in [0.25, 0.3) is 6.71 Å². The third kappa shape index (κ3) is 3.81. The molecule has 6 nitrogen and oxygen atoms in total. The Balaban J connectivity index is 2.14. The largest absolute Gasteiger partial charge is 0.462 e. The van der Waals surface area contributed by atoms with Crippen LogP contribution >= 0.6 is 0 Å². The summed E-state index contributed by atoms with van der Waals surface area (Å²) in [5, 5.41) is 9.04. The highest BCUT2D eigenvalue weighted by molar-refractivity contribution is 6.67. The fourth-order valence-corrected chi connectivity index (χ4v) is 3.04. The molecule has 1 saturated heterocycles. The topological polar surface area (TPSA) is 79.1 Å². The van der Waals surface area contributed by atoms with E-state index in [1.807, 2.05) is 20.7 Å². The van der Waals surface area contributed by atoms with Gasteiger partial charge < -0.3 is 9.64 Å². The Labute approximate surface area is 137 Å². The van der Waals surface area contributed by atoms with E-state index in [-0.39, 0.29) is 12.7 Å². The minimum Gasteiger partial charge on any atom is -0.462 e. The zero-order valence-electron chi connectivity index (χ0n) is 14.3. The number of anilines is 1. The van der Waals surface area contributed by atoms with Crippen molar-refractivity contribution in [3.63, 3.8) is 0 Å². The quantitative estimate of drug-likeness (QED) is 0.627. The normalized spacial score (nSPS) is 15.2. The van der Waals surface area contributed by atoms with Gasteiger partial charge in [-0.2, -0.15) is 0 Å². The van der Waals surface area contributed by atoms with Crippen molar-refractivity contribution in [2.45, 2.75) is 46.3 Å². The maximum Gasteiger partial charge on any atom is 0.341 e. The molecule has 0 N–H and O–H groups in total. The lowest BCUT2D eigenvalue weighted by Crippen LogP contribution is -2.37. The number of carbonyl (C=O) groups excluding carboxylic acids is 1. The van der Waals surface area contributed by atoms with Gasteiger partial charge in [0.1, 0.15) is 5.56 Å². The van der Waals surface area contributed by atoms with Crippen LogP contribution in [0.2, 0.25) is 12.6 Å². The van der Waals surface area contributed by atoms with Crippen molar-refractivity contribution in [3.8, 4) is 5.97 Å². The molecule has 2 rings (SSSR count). The van der Waals surface area contributed by atoms with E-state index < -0.39 is 0 Å². The van der Waals surface area contributed by atoms with Gasteiger partial charge in [-0.3, -0.25) is 0 Å². The van der Waals surface area contributed by atoms with E-state index in [1.165, 1.54) is 0 Å². The molecule has 2 heterocycles. The first-order valence-electron chi connectivity index (χ1n) is 8.14. The van der Waals surface area contributed by atoms with Crippen molar-refractivity contribution in [2.24, 2.45) is 0 Å². The molecule has 0 amide bonds. The summed E-state index contributed by atoms with van der Waals surface area (Å²) in [4.78, 5) is 23.1. The molecule has 122 valence electrons. The maximum atomic E-state index is 12.0. The van der Waals surface area contributed by atoms with Crippen LogP contribution in [0.5, 0.6) is 0 Å². The number of carbonyl (C=O) groups is 1. The number of aromatic nitrogens is 2. The lowest BCUT2D eigenvalue weighted by molar-refractivity contribution is 0.0523. The van der Waals surface area contributed by atoms with Gasteiger partial charge in [0.2, 0.25) is 5.95 Å². The number of nitrogens with zero attached hydrogens (tertiary/aromatic N) is 4. The summed E-state index contributed by atoms with van der Waals surface area (Å²) in [6, 6.07) is 0. The molecule has 0 aromatic carbocycles. The van der Waals surface area contributed by atoms with Crippen molar-refractivity contribution in [1.82, 2.24) is 9.97 Å². The zero-order valence-corrected chi connectivity index (χ0v) is 14.3. The first-order chi connectivity index (χ1) is 11.0. The van der Waals surface area contributed by atoms with Crippen LogP contribution in [0, 0.1) is 25.1 Å². The number of aryl methyl sites for hydroxylation is 2. The third-order valence-electron chi connectivity index (χ3n) is 4.47. The van der Waals surface area contributed by atoms with Crippen molar-refractivity contribution >= 4 is 18.6 Å². The Morgan fingerprint density at radius 3 is 2.39 bits per heavy atom. The minimum absolute atomic E-state index is 0.0905. The van der Waals surface area contributed by atoms with Crippen LogP contribution in [0.4, 0.5) is 5.95 Å². The molecule has 0 atom stereocenters. The number of nitriles is 1. The second-order valence-electron chi connectivity index (χ2n) is 6.03. The van der Waals surface area contributed by atoms with Crippen LogP contribution in [-0.4, -0.2) is 42.3 Å². The molecule has 1 aromatic heterocycles. The fraction of sp³-hybridized carbons (Fsp3) is 0.625. The van der Waals surface area contributed by atoms with Crippen molar-refractivity contribution < 1.29 is 9.53 Å². The van der Waals surface area contributed by atoms with Gasteiger partial charge in [-0.15, -0.1) is 0 Å². The lowest BCUT2D eigenvalue weighted by atomic mass is 9.42. The Morgan fingerprint density at radius 2 is 1.91 bits per heavy atom. The summed E-state index contributed by atoms with van der Waals surface area (Å²) in [6.45, 7) is 9.51. The van der Waals surface area contributed by atoms with Gasteiger partial charge in [-0.1, -0.05) is 6.82 Å². The summed E-state index contributed by atoms with van der Waals surface area (Å²) in [7, 11) is 0. The predicted octanol–water partition coefficient (Wildman–Crippen LogP) is 2.43. The van der Waals surface area contributed by atoms with Crippen LogP contribution in [0.1, 0.15) is 41.5 Å². The van der Waals surface area contributed by atoms with Crippen molar-refractivity contribution in [2.75, 3.05) is 24.6 Å². The molecule has 1 aliphatic heterocycles. The van der Waals surface area contributed by atoms with Gasteiger partial charge >= 0.3 is 5.97 Å². The minimum atomic E-state index is -0.365. The molecular weight excluding hydrogens is 291 g/mol. The van der Waals surface area contributed by atoms with E-state index in [1.54, 1.807) is 6.92 Å². The highest BCUT2D eigenvalue weighted by Crippen LogP contribution is 2.28. The number of esters is 1. The fourth-order valence-electron chi connectivity index (χ4n) is 3.04. The van der Waals surface area contributed by atoms with E-state index in [2.05, 4.69) is 20.8 Å². The smallest absolute Gasteiger partial charge is 0.341 e. The summed E-state index contributed by atoms with van der Waals surface area (Å²) in [5.74, 6) is 3.08. The SMILES string of the molecule is CCOC(=O)c1c(C)nc(N2CCC(B(C)C#N)CC2)nc1C. The molecule has 0 bridgehead atoms. The molecule has 0 saturated carbocycles. The van der Waals surface area contributed by atoms with E-state index in [0.29, 0.717) is 35.3 Å². The average molecular weight is 314 g/mol. The molecule has 1 aromatic rings. The van der Waals surface area contributed by atoms with Crippen LogP contribution in [-0.2, 0) is 4.74 Å². The Kier molecular flexibility index (Phi) is 5.59. The number of piperidine rings is 1. The lowest BCUT2D eigenvalue weighted by Gasteiger charge is -2.32. The van der Waals surface area contributed by atoms with Crippen LogP contribution < -0.4 is 4.90 Å². The second-order valence-corrected chi connectivity index (χ2v) is 6.03. The summed E-state index contributed by atoms with van der Waals surface area (Å²) in [6.07, 6.45) is 1.94. The summed E-state index contributed by atoms with van der Waals surface area (Å²) in [5.41, 5.74) is 1.76. The van der Waals surface area contributed by atoms with E-state index in [0.717, 1.165) is 25.9 Å². The Morgan fingerprint density at radius 1 is 1.35 bits per heavy atom. The molecule has 0 spiro atoms. The monoisotopic (exact) mass is 314 g/mol. The molecule has 0 radical (unpaired) electrons. The molecule has 0 unspecified atom stereocenters. The summed E-state index contributed by atoms with van der Waals surface area (Å²) >= 11 is 0. The van der Waals surface area contributed by atoms with Gasteiger partial charge in [0, 0.05) is 19.1 Å². The van der Waals surface area contributed by atoms with E-state index >= 15 is 0 Å². The highest BCUT2D eigenvalue weighted by Gasteiger charge is 2.28. The van der Waals surface area contributed by atoms with Crippen LogP contribution in [0.25, 0.3) is 0 Å². The molecule has 0 aliphatic carbocycles. The first kappa shape index (κ1) is 17.3. The van der Waals surface area contributed by atoms with Gasteiger partial charge in [0.05, 0.1) is 18.0 Å². The first-order valence-corrected chi connectivity index (χ1v) is 8.14. The predicted molar refractivity (Wildman–Crippen MR) is 89.9 cm³/mol. The van der Waals surface area contributed by atoms with Gasteiger partial charge in [-0.05, 0) is 39.4 Å². The molecule has 1 fully saturated rings. The molecule has 7 heteroatoms. The standard InChI is InChI=1S/C16H23BN4O2/c1-5-23-15(22)14-11(2)19-16(20-12(14)3)21-8-6-13(7-9-21)17(4)10-18/h13H,5-9H2,1-4H3. The van der Waals surface area contributed by atoms with E-state index in [4.69, 9.17) is 10.00 Å². The van der Waals surface area contributed by atoms with Crippen LogP contribution in [0.15, 0.2) is 0 Å². The van der Waals surface area contributed by atoms with E-state index in [9.17, 15) is 4.79 Å². The molecule has 1 aliphatic rings. The van der Waals surface area contributed by atoms with Gasteiger partial charge in [-0.25, -0.2) is 20.0 Å². The Hall–Kier alpha value is -2.10. The molecule has 23 heavy (non-hydrogen) atoms. The number of hydrogen-bond donors (Lipinski definition) is 0. The number of ether oxygens (including phenoxy) is 1. The second kappa shape index (κ2) is 7.45. The maximum absolute atomic E-state index is 12.0. The Bertz CT molecular complexity index is 598. The average Bonchev–Trinajstić information content (AvgIpc) is 2.53. The highest BCUT2D eigenvalue weighted by atomic mass is 16.5. The third-order valence-corrected chi connectivity index (χ3v) is 4.47. The van der Waals surface area contributed by atoms with Gasteiger partial charge in [0.15, 0.2) is 0 Å². The van der Waals surface area contributed by atoms with Crippen molar-refractivity contribution in [1.29, 1.82) is 5.26 Å². The van der Waals surface area contributed by atoms with Crippen LogP contribution in [0.3, 0.4) is 0 Å².